The molecule has 0 radical (unpaired) electrons. The van der Waals surface area contributed by atoms with E-state index >= 15 is 0 Å². The van der Waals surface area contributed by atoms with Gasteiger partial charge in [-0.1, -0.05) is 17.7 Å². The molecular formula is C17H26N2O2. The lowest BCUT2D eigenvalue weighted by Crippen LogP contribution is -2.41. The molecule has 21 heavy (non-hydrogen) atoms. The molecule has 0 saturated carbocycles. The first kappa shape index (κ1) is 15.8. The molecule has 1 heterocycles. The van der Waals surface area contributed by atoms with Crippen molar-refractivity contribution in [3.63, 3.8) is 0 Å². The normalized spacial score (nSPS) is 16.6. The fraction of sp³-hybridized carbons (Fsp3) is 0.588. The maximum atomic E-state index is 12.2. The van der Waals surface area contributed by atoms with E-state index in [1.165, 1.54) is 12.0 Å². The van der Waals surface area contributed by atoms with Gasteiger partial charge >= 0.3 is 0 Å². The van der Waals surface area contributed by atoms with Crippen molar-refractivity contribution in [2.75, 3.05) is 26.7 Å². The number of amides is 1. The van der Waals surface area contributed by atoms with E-state index in [1.54, 1.807) is 7.11 Å². The molecule has 1 unspecified atom stereocenters. The number of carbonyl (C=O) groups is 1. The fourth-order valence-electron chi connectivity index (χ4n) is 2.80. The first-order valence-corrected chi connectivity index (χ1v) is 7.77. The Bertz CT molecular complexity index is 482. The van der Waals surface area contributed by atoms with Crippen molar-refractivity contribution in [1.82, 2.24) is 10.2 Å². The Labute approximate surface area is 127 Å². The first-order chi connectivity index (χ1) is 10.1. The molecule has 1 aromatic carbocycles. The number of carbonyl (C=O) groups excluding carboxylic acids is 1. The lowest BCUT2D eigenvalue weighted by molar-refractivity contribution is -0.131. The van der Waals surface area contributed by atoms with Crippen molar-refractivity contribution in [1.29, 1.82) is 0 Å². The van der Waals surface area contributed by atoms with Gasteiger partial charge in [-0.25, -0.2) is 0 Å². The molecule has 0 spiro atoms. The van der Waals surface area contributed by atoms with E-state index in [0.717, 1.165) is 37.2 Å². The number of likely N-dealkylation sites (tertiary alicyclic amines) is 1. The van der Waals surface area contributed by atoms with Crippen LogP contribution in [0.1, 0.15) is 43.4 Å². The summed E-state index contributed by atoms with van der Waals surface area (Å²) in [5.41, 5.74) is 2.30. The first-order valence-electron chi connectivity index (χ1n) is 7.77. The Morgan fingerprint density at radius 1 is 1.33 bits per heavy atom. The van der Waals surface area contributed by atoms with E-state index in [1.807, 2.05) is 17.0 Å². The second-order valence-corrected chi connectivity index (χ2v) is 5.79. The summed E-state index contributed by atoms with van der Waals surface area (Å²) in [5, 5.41) is 3.33. The van der Waals surface area contributed by atoms with E-state index in [4.69, 9.17) is 4.74 Å². The van der Waals surface area contributed by atoms with Crippen LogP contribution in [0.3, 0.4) is 0 Å². The molecule has 1 aliphatic rings. The van der Waals surface area contributed by atoms with Crippen LogP contribution >= 0.6 is 0 Å². The third-order valence-electron chi connectivity index (χ3n) is 4.12. The van der Waals surface area contributed by atoms with Crippen molar-refractivity contribution in [2.24, 2.45) is 0 Å². The Hall–Kier alpha value is -1.55. The summed E-state index contributed by atoms with van der Waals surface area (Å²) < 4.78 is 5.41. The van der Waals surface area contributed by atoms with Crippen molar-refractivity contribution < 1.29 is 9.53 Å². The zero-order chi connectivity index (χ0) is 15.2. The van der Waals surface area contributed by atoms with Crippen LogP contribution in [0.15, 0.2) is 18.2 Å². The standard InChI is InChI=1S/C17H26N2O2/c1-13-7-8-16(21-3)15(11-13)14(2)18-12-17(20)19-9-5-4-6-10-19/h7-8,11,14,18H,4-6,9-10,12H2,1-3H3. The fourth-order valence-corrected chi connectivity index (χ4v) is 2.80. The number of ether oxygens (including phenoxy) is 1. The molecular weight excluding hydrogens is 264 g/mol. The zero-order valence-corrected chi connectivity index (χ0v) is 13.3. The highest BCUT2D eigenvalue weighted by Crippen LogP contribution is 2.25. The van der Waals surface area contributed by atoms with Crippen LogP contribution in [0.2, 0.25) is 0 Å². The number of rotatable bonds is 5. The number of nitrogens with zero attached hydrogens (tertiary/aromatic N) is 1. The summed E-state index contributed by atoms with van der Waals surface area (Å²) in [4.78, 5) is 14.2. The maximum absolute atomic E-state index is 12.2. The highest BCUT2D eigenvalue weighted by molar-refractivity contribution is 5.78. The smallest absolute Gasteiger partial charge is 0.236 e. The van der Waals surface area contributed by atoms with Crippen LogP contribution in [-0.4, -0.2) is 37.6 Å². The molecule has 0 aliphatic carbocycles. The molecule has 1 aliphatic heterocycles. The molecule has 1 amide bonds. The SMILES string of the molecule is COc1ccc(C)cc1C(C)NCC(=O)N1CCCCC1. The van der Waals surface area contributed by atoms with E-state index in [2.05, 4.69) is 25.2 Å². The predicted octanol–water partition coefficient (Wildman–Crippen LogP) is 2.67. The topological polar surface area (TPSA) is 41.6 Å². The van der Waals surface area contributed by atoms with Crippen LogP contribution in [0.25, 0.3) is 0 Å². The number of benzene rings is 1. The molecule has 1 fully saturated rings. The van der Waals surface area contributed by atoms with E-state index in [9.17, 15) is 4.79 Å². The largest absolute Gasteiger partial charge is 0.496 e. The molecule has 4 nitrogen and oxygen atoms in total. The van der Waals surface area contributed by atoms with Crippen LogP contribution in [-0.2, 0) is 4.79 Å². The van der Waals surface area contributed by atoms with Crippen LogP contribution in [0, 0.1) is 6.92 Å². The predicted molar refractivity (Wildman–Crippen MR) is 84.6 cm³/mol. The summed E-state index contributed by atoms with van der Waals surface area (Å²) in [6, 6.07) is 6.22. The summed E-state index contributed by atoms with van der Waals surface area (Å²) >= 11 is 0. The molecule has 116 valence electrons. The molecule has 2 rings (SSSR count). The third kappa shape index (κ3) is 4.21. The van der Waals surface area contributed by atoms with Gasteiger partial charge in [0, 0.05) is 24.7 Å². The number of aryl methyl sites for hydroxylation is 1. The van der Waals surface area contributed by atoms with Gasteiger partial charge in [0.15, 0.2) is 0 Å². The lowest BCUT2D eigenvalue weighted by Gasteiger charge is -2.27. The van der Waals surface area contributed by atoms with Gasteiger partial charge < -0.3 is 15.0 Å². The highest BCUT2D eigenvalue weighted by Gasteiger charge is 2.18. The Morgan fingerprint density at radius 3 is 2.71 bits per heavy atom. The quantitative estimate of drug-likeness (QED) is 0.906. The Balaban J connectivity index is 1.93. The van der Waals surface area contributed by atoms with Gasteiger partial charge in [-0.15, -0.1) is 0 Å². The third-order valence-corrected chi connectivity index (χ3v) is 4.12. The second kappa shape index (κ2) is 7.46. The van der Waals surface area contributed by atoms with E-state index in [-0.39, 0.29) is 11.9 Å². The summed E-state index contributed by atoms with van der Waals surface area (Å²) in [5.74, 6) is 1.07. The molecule has 1 aromatic rings. The van der Waals surface area contributed by atoms with Gasteiger partial charge in [0.25, 0.3) is 0 Å². The number of methoxy groups -OCH3 is 1. The van der Waals surface area contributed by atoms with E-state index in [0.29, 0.717) is 6.54 Å². The Kier molecular flexibility index (Phi) is 5.62. The van der Waals surface area contributed by atoms with Crippen molar-refractivity contribution >= 4 is 5.91 Å². The summed E-state index contributed by atoms with van der Waals surface area (Å²) in [7, 11) is 1.68. The minimum atomic E-state index is 0.0913. The molecule has 1 atom stereocenters. The summed E-state index contributed by atoms with van der Waals surface area (Å²) in [6.45, 7) is 6.33. The molecule has 0 bridgehead atoms. The number of piperidine rings is 1. The Morgan fingerprint density at radius 2 is 2.05 bits per heavy atom. The second-order valence-electron chi connectivity index (χ2n) is 5.79. The van der Waals surface area contributed by atoms with Gasteiger partial charge in [0.1, 0.15) is 5.75 Å². The van der Waals surface area contributed by atoms with Crippen molar-refractivity contribution in [3.05, 3.63) is 29.3 Å². The average molecular weight is 290 g/mol. The van der Waals surface area contributed by atoms with Crippen molar-refractivity contribution in [2.45, 2.75) is 39.2 Å². The molecule has 1 saturated heterocycles. The highest BCUT2D eigenvalue weighted by atomic mass is 16.5. The van der Waals surface area contributed by atoms with Gasteiger partial charge in [-0.3, -0.25) is 4.79 Å². The van der Waals surface area contributed by atoms with Crippen LogP contribution in [0.5, 0.6) is 5.75 Å². The van der Waals surface area contributed by atoms with Crippen LogP contribution < -0.4 is 10.1 Å². The molecule has 4 heteroatoms. The average Bonchev–Trinajstić information content (AvgIpc) is 2.53. The molecule has 0 aromatic heterocycles. The number of hydrogen-bond donors (Lipinski definition) is 1. The summed E-state index contributed by atoms with van der Waals surface area (Å²) in [6.07, 6.45) is 3.51. The van der Waals surface area contributed by atoms with Crippen molar-refractivity contribution in [3.8, 4) is 5.75 Å². The number of hydrogen-bond acceptors (Lipinski definition) is 3. The monoisotopic (exact) mass is 290 g/mol. The lowest BCUT2D eigenvalue weighted by atomic mass is 10.0. The maximum Gasteiger partial charge on any atom is 0.236 e. The van der Waals surface area contributed by atoms with E-state index < -0.39 is 0 Å². The minimum absolute atomic E-state index is 0.0913. The van der Waals surface area contributed by atoms with Gasteiger partial charge in [0.2, 0.25) is 5.91 Å². The zero-order valence-electron chi connectivity index (χ0n) is 13.3. The minimum Gasteiger partial charge on any atom is -0.496 e. The van der Waals surface area contributed by atoms with Gasteiger partial charge in [0.05, 0.1) is 13.7 Å². The van der Waals surface area contributed by atoms with Gasteiger partial charge in [-0.2, -0.15) is 0 Å². The van der Waals surface area contributed by atoms with Crippen LogP contribution in [0.4, 0.5) is 0 Å². The molecule has 1 N–H and O–H groups in total. The number of nitrogens with one attached hydrogen (secondary N) is 1. The van der Waals surface area contributed by atoms with Gasteiger partial charge in [-0.05, 0) is 39.2 Å².